The van der Waals surface area contributed by atoms with Gasteiger partial charge < -0.3 is 15.0 Å². The van der Waals surface area contributed by atoms with Crippen molar-refractivity contribution in [2.24, 2.45) is 0 Å². The summed E-state index contributed by atoms with van der Waals surface area (Å²) in [6.45, 7) is 7.19. The van der Waals surface area contributed by atoms with Crippen LogP contribution in [0, 0.1) is 0 Å². The summed E-state index contributed by atoms with van der Waals surface area (Å²) >= 11 is 0. The van der Waals surface area contributed by atoms with Crippen LogP contribution in [0.15, 0.2) is 0 Å². The van der Waals surface area contributed by atoms with E-state index in [0.717, 1.165) is 39.0 Å². The summed E-state index contributed by atoms with van der Waals surface area (Å²) in [6, 6.07) is 0.0563. The number of hydrogen-bond donors (Lipinski definition) is 1. The third kappa shape index (κ3) is 4.51. The highest BCUT2D eigenvalue weighted by atomic mass is 16.5. The molecule has 1 aliphatic rings. The van der Waals surface area contributed by atoms with Crippen molar-refractivity contribution in [2.75, 3.05) is 26.2 Å². The molecule has 4 nitrogen and oxygen atoms in total. The molecule has 15 heavy (non-hydrogen) atoms. The molecule has 0 spiro atoms. The minimum atomic E-state index is 0.0563. The number of nitrogens with one attached hydrogen (secondary N) is 1. The molecule has 1 rings (SSSR count). The quantitative estimate of drug-likeness (QED) is 0.725. The lowest BCUT2D eigenvalue weighted by Gasteiger charge is -2.22. The first kappa shape index (κ1) is 12.3. The minimum Gasteiger partial charge on any atom is -0.377 e. The number of unbranched alkanes of at least 4 members (excludes halogenated alkanes) is 1. The Hall–Kier alpha value is -0.770. The van der Waals surface area contributed by atoms with Gasteiger partial charge in [-0.15, -0.1) is 0 Å². The van der Waals surface area contributed by atoms with E-state index < -0.39 is 0 Å². The number of rotatable bonds is 3. The number of hydrogen-bond acceptors (Lipinski definition) is 2. The Kier molecular flexibility index (Phi) is 5.47. The van der Waals surface area contributed by atoms with Crippen molar-refractivity contribution >= 4 is 6.03 Å². The smallest absolute Gasteiger partial charge is 0.317 e. The molecular formula is C11H22N2O2. The van der Waals surface area contributed by atoms with Crippen molar-refractivity contribution in [2.45, 2.75) is 39.2 Å². The summed E-state index contributed by atoms with van der Waals surface area (Å²) in [5.74, 6) is 0. The first-order valence-corrected chi connectivity index (χ1v) is 5.88. The normalized spacial score (nSPS) is 22.3. The lowest BCUT2D eigenvalue weighted by atomic mass is 10.3. The molecule has 4 heteroatoms. The van der Waals surface area contributed by atoms with Crippen molar-refractivity contribution < 1.29 is 9.53 Å². The van der Waals surface area contributed by atoms with Gasteiger partial charge in [0.1, 0.15) is 0 Å². The fourth-order valence-corrected chi connectivity index (χ4v) is 1.66. The Balaban J connectivity index is 2.29. The minimum absolute atomic E-state index is 0.0563. The predicted octanol–water partition coefficient (Wildman–Crippen LogP) is 1.61. The van der Waals surface area contributed by atoms with E-state index in [1.807, 2.05) is 11.8 Å². The predicted molar refractivity (Wildman–Crippen MR) is 59.9 cm³/mol. The van der Waals surface area contributed by atoms with Crippen LogP contribution < -0.4 is 5.32 Å². The Bertz CT molecular complexity index is 197. The Morgan fingerprint density at radius 2 is 2.40 bits per heavy atom. The summed E-state index contributed by atoms with van der Waals surface area (Å²) in [4.78, 5) is 13.6. The van der Waals surface area contributed by atoms with E-state index in [1.165, 1.54) is 0 Å². The van der Waals surface area contributed by atoms with Crippen molar-refractivity contribution in [3.63, 3.8) is 0 Å². The third-order valence-electron chi connectivity index (χ3n) is 2.55. The summed E-state index contributed by atoms with van der Waals surface area (Å²) in [5.41, 5.74) is 0. The highest BCUT2D eigenvalue weighted by molar-refractivity contribution is 5.74. The standard InChI is InChI=1S/C11H22N2O2/c1-3-4-6-12-11(14)13-7-5-8-15-10(2)9-13/h10H,3-9H2,1-2H3,(H,12,14). The molecule has 0 aromatic heterocycles. The first-order chi connectivity index (χ1) is 7.24. The molecule has 0 radical (unpaired) electrons. The molecule has 1 heterocycles. The Labute approximate surface area is 92.0 Å². The van der Waals surface area contributed by atoms with Gasteiger partial charge in [-0.3, -0.25) is 0 Å². The second-order valence-corrected chi connectivity index (χ2v) is 4.07. The zero-order valence-corrected chi connectivity index (χ0v) is 9.79. The number of carbonyl (C=O) groups excluding carboxylic acids is 1. The van der Waals surface area contributed by atoms with E-state index in [2.05, 4.69) is 12.2 Å². The van der Waals surface area contributed by atoms with Crippen LogP contribution in [0.4, 0.5) is 4.79 Å². The van der Waals surface area contributed by atoms with Gasteiger partial charge >= 0.3 is 6.03 Å². The van der Waals surface area contributed by atoms with Crippen LogP contribution in [0.25, 0.3) is 0 Å². The summed E-state index contributed by atoms with van der Waals surface area (Å²) in [5, 5.41) is 2.93. The molecule has 0 aromatic rings. The number of urea groups is 1. The number of ether oxygens (including phenoxy) is 1. The fourth-order valence-electron chi connectivity index (χ4n) is 1.66. The van der Waals surface area contributed by atoms with Gasteiger partial charge in [0.15, 0.2) is 0 Å². The average molecular weight is 214 g/mol. The monoisotopic (exact) mass is 214 g/mol. The van der Waals surface area contributed by atoms with Gasteiger partial charge in [0.25, 0.3) is 0 Å². The molecule has 2 amide bonds. The fraction of sp³-hybridized carbons (Fsp3) is 0.909. The van der Waals surface area contributed by atoms with Gasteiger partial charge in [0, 0.05) is 26.2 Å². The molecule has 1 atom stereocenters. The molecule has 1 N–H and O–H groups in total. The summed E-state index contributed by atoms with van der Waals surface area (Å²) in [7, 11) is 0. The van der Waals surface area contributed by atoms with Crippen LogP contribution in [0.2, 0.25) is 0 Å². The number of amides is 2. The van der Waals surface area contributed by atoms with E-state index in [1.54, 1.807) is 0 Å². The molecule has 1 saturated heterocycles. The third-order valence-corrected chi connectivity index (χ3v) is 2.55. The van der Waals surface area contributed by atoms with Crippen molar-refractivity contribution in [1.82, 2.24) is 10.2 Å². The average Bonchev–Trinajstić information content (AvgIpc) is 2.43. The van der Waals surface area contributed by atoms with Crippen LogP contribution >= 0.6 is 0 Å². The van der Waals surface area contributed by atoms with Crippen molar-refractivity contribution in [3.8, 4) is 0 Å². The lowest BCUT2D eigenvalue weighted by molar-refractivity contribution is 0.0710. The maximum absolute atomic E-state index is 11.7. The number of carbonyl (C=O) groups is 1. The van der Waals surface area contributed by atoms with Gasteiger partial charge in [-0.25, -0.2) is 4.79 Å². The molecule has 1 aliphatic heterocycles. The van der Waals surface area contributed by atoms with Gasteiger partial charge in [0.05, 0.1) is 6.10 Å². The summed E-state index contributed by atoms with van der Waals surface area (Å²) in [6.07, 6.45) is 3.25. The van der Waals surface area contributed by atoms with Crippen LogP contribution in [0.3, 0.4) is 0 Å². The van der Waals surface area contributed by atoms with Crippen LogP contribution in [0.1, 0.15) is 33.1 Å². The highest BCUT2D eigenvalue weighted by Crippen LogP contribution is 2.05. The van der Waals surface area contributed by atoms with Gasteiger partial charge in [-0.05, 0) is 19.8 Å². The molecule has 0 saturated carbocycles. The molecule has 0 aromatic carbocycles. The van der Waals surface area contributed by atoms with Gasteiger partial charge in [0.2, 0.25) is 0 Å². The Morgan fingerprint density at radius 1 is 1.60 bits per heavy atom. The van der Waals surface area contributed by atoms with E-state index >= 15 is 0 Å². The maximum Gasteiger partial charge on any atom is 0.317 e. The van der Waals surface area contributed by atoms with E-state index in [9.17, 15) is 4.79 Å². The first-order valence-electron chi connectivity index (χ1n) is 5.88. The lowest BCUT2D eigenvalue weighted by Crippen LogP contribution is -2.43. The van der Waals surface area contributed by atoms with Crippen LogP contribution in [0.5, 0.6) is 0 Å². The van der Waals surface area contributed by atoms with Crippen molar-refractivity contribution in [3.05, 3.63) is 0 Å². The van der Waals surface area contributed by atoms with Crippen molar-refractivity contribution in [1.29, 1.82) is 0 Å². The SMILES string of the molecule is CCCCNC(=O)N1CCCOC(C)C1. The number of nitrogens with zero attached hydrogens (tertiary/aromatic N) is 1. The van der Waals surface area contributed by atoms with E-state index in [0.29, 0.717) is 6.54 Å². The van der Waals surface area contributed by atoms with Crippen LogP contribution in [-0.2, 0) is 4.74 Å². The van der Waals surface area contributed by atoms with Crippen LogP contribution in [-0.4, -0.2) is 43.3 Å². The van der Waals surface area contributed by atoms with Gasteiger partial charge in [-0.1, -0.05) is 13.3 Å². The molecule has 0 bridgehead atoms. The van der Waals surface area contributed by atoms with E-state index in [4.69, 9.17) is 4.74 Å². The molecular weight excluding hydrogens is 192 g/mol. The molecule has 88 valence electrons. The second-order valence-electron chi connectivity index (χ2n) is 4.07. The molecule has 1 fully saturated rings. The molecule has 1 unspecified atom stereocenters. The topological polar surface area (TPSA) is 41.6 Å². The zero-order chi connectivity index (χ0) is 11.1. The zero-order valence-electron chi connectivity index (χ0n) is 9.79. The van der Waals surface area contributed by atoms with E-state index in [-0.39, 0.29) is 12.1 Å². The second kappa shape index (κ2) is 6.67. The van der Waals surface area contributed by atoms with Gasteiger partial charge in [-0.2, -0.15) is 0 Å². The maximum atomic E-state index is 11.7. The highest BCUT2D eigenvalue weighted by Gasteiger charge is 2.18. The summed E-state index contributed by atoms with van der Waals surface area (Å²) < 4.78 is 5.49. The molecule has 0 aliphatic carbocycles. The Morgan fingerprint density at radius 3 is 3.13 bits per heavy atom. The largest absolute Gasteiger partial charge is 0.377 e.